The molecule has 0 unspecified atom stereocenters. The second kappa shape index (κ2) is 7.43. The van der Waals surface area contributed by atoms with Crippen molar-refractivity contribution in [3.8, 4) is 0 Å². The van der Waals surface area contributed by atoms with Crippen molar-refractivity contribution < 1.29 is 9.90 Å². The van der Waals surface area contributed by atoms with Gasteiger partial charge in [-0.05, 0) is 19.9 Å². The first-order valence-electron chi connectivity index (χ1n) is 7.22. The number of halogens is 1. The summed E-state index contributed by atoms with van der Waals surface area (Å²) in [5.74, 6) is 0. The number of amides is 2. The lowest BCUT2D eigenvalue weighted by Gasteiger charge is -2.25. The number of hydrogen-bond donors (Lipinski definition) is 3. The molecule has 1 aromatic heterocycles. The Morgan fingerprint density at radius 1 is 1.48 bits per heavy atom. The van der Waals surface area contributed by atoms with Gasteiger partial charge in [0.15, 0.2) is 0 Å². The maximum Gasteiger partial charge on any atom is 0.315 e. The molecule has 2 aromatic rings. The first kappa shape index (κ1) is 17.2. The zero-order valence-corrected chi connectivity index (χ0v) is 13.8. The van der Waals surface area contributed by atoms with Crippen molar-refractivity contribution in [1.82, 2.24) is 25.4 Å². The van der Waals surface area contributed by atoms with Gasteiger partial charge in [-0.15, -0.1) is 0 Å². The Morgan fingerprint density at radius 3 is 2.87 bits per heavy atom. The third kappa shape index (κ3) is 4.94. The van der Waals surface area contributed by atoms with E-state index in [2.05, 4.69) is 20.7 Å². The van der Waals surface area contributed by atoms with Gasteiger partial charge in [0.1, 0.15) is 18.3 Å². The Labute approximate surface area is 139 Å². The molecule has 8 heteroatoms. The van der Waals surface area contributed by atoms with Crippen LogP contribution in [0.2, 0.25) is 5.02 Å². The van der Waals surface area contributed by atoms with Gasteiger partial charge in [-0.25, -0.2) is 9.78 Å². The predicted molar refractivity (Wildman–Crippen MR) is 87.0 cm³/mol. The molecule has 0 fully saturated rings. The van der Waals surface area contributed by atoms with E-state index < -0.39 is 5.60 Å². The second-order valence-corrected chi connectivity index (χ2v) is 6.01. The number of aliphatic hydroxyl groups is 1. The molecule has 0 radical (unpaired) electrons. The zero-order valence-electron chi connectivity index (χ0n) is 13.0. The van der Waals surface area contributed by atoms with Gasteiger partial charge in [0.2, 0.25) is 0 Å². The molecule has 0 bridgehead atoms. The van der Waals surface area contributed by atoms with Gasteiger partial charge in [-0.1, -0.05) is 29.8 Å². The molecule has 0 saturated heterocycles. The van der Waals surface area contributed by atoms with Crippen LogP contribution in [0.1, 0.15) is 19.4 Å². The van der Waals surface area contributed by atoms with Crippen molar-refractivity contribution in [2.24, 2.45) is 0 Å². The van der Waals surface area contributed by atoms with Crippen LogP contribution in [0.15, 0.2) is 36.9 Å². The molecule has 23 heavy (non-hydrogen) atoms. The van der Waals surface area contributed by atoms with E-state index in [0.29, 0.717) is 17.1 Å². The molecule has 0 saturated carbocycles. The summed E-state index contributed by atoms with van der Waals surface area (Å²) in [7, 11) is 0. The van der Waals surface area contributed by atoms with Crippen molar-refractivity contribution in [2.45, 2.75) is 32.0 Å². The lowest BCUT2D eigenvalue weighted by Crippen LogP contribution is -2.47. The van der Waals surface area contributed by atoms with Gasteiger partial charge >= 0.3 is 6.03 Å². The fourth-order valence-electron chi connectivity index (χ4n) is 2.17. The average molecular weight is 338 g/mol. The Hall–Kier alpha value is -2.12. The molecule has 3 N–H and O–H groups in total. The molecule has 1 heterocycles. The Balaban J connectivity index is 1.85. The Kier molecular flexibility index (Phi) is 5.57. The van der Waals surface area contributed by atoms with Gasteiger partial charge in [-0.2, -0.15) is 5.10 Å². The number of carbonyl (C=O) groups excluding carboxylic acids is 1. The van der Waals surface area contributed by atoms with Crippen LogP contribution in [0.3, 0.4) is 0 Å². The SMILES string of the molecule is C[C@@H](Cn1cncn1)NC(=O)NC[C@](C)(O)c1ccccc1Cl. The summed E-state index contributed by atoms with van der Waals surface area (Å²) in [5.41, 5.74) is -0.692. The van der Waals surface area contributed by atoms with Crippen molar-refractivity contribution in [3.63, 3.8) is 0 Å². The minimum absolute atomic E-state index is 0.0403. The van der Waals surface area contributed by atoms with Crippen molar-refractivity contribution in [3.05, 3.63) is 47.5 Å². The zero-order chi connectivity index (χ0) is 16.9. The number of benzene rings is 1. The van der Waals surface area contributed by atoms with E-state index in [9.17, 15) is 9.90 Å². The minimum atomic E-state index is -1.26. The van der Waals surface area contributed by atoms with E-state index in [1.54, 1.807) is 42.2 Å². The van der Waals surface area contributed by atoms with Crippen molar-refractivity contribution >= 4 is 17.6 Å². The van der Waals surface area contributed by atoms with E-state index in [4.69, 9.17) is 11.6 Å². The van der Waals surface area contributed by atoms with Gasteiger partial charge in [-0.3, -0.25) is 4.68 Å². The summed E-state index contributed by atoms with van der Waals surface area (Å²) >= 11 is 6.08. The van der Waals surface area contributed by atoms with E-state index in [1.165, 1.54) is 6.33 Å². The van der Waals surface area contributed by atoms with Crippen molar-refractivity contribution in [1.29, 1.82) is 0 Å². The van der Waals surface area contributed by atoms with Crippen LogP contribution < -0.4 is 10.6 Å². The van der Waals surface area contributed by atoms with Gasteiger partial charge < -0.3 is 15.7 Å². The fourth-order valence-corrected chi connectivity index (χ4v) is 2.51. The van der Waals surface area contributed by atoms with E-state index in [1.807, 2.05) is 6.92 Å². The standard InChI is InChI=1S/C15H20ClN5O2/c1-11(7-21-10-17-9-19-21)20-14(22)18-8-15(2,23)12-5-3-4-6-13(12)16/h3-6,9-11,23H,7-8H2,1-2H3,(H2,18,20,22)/t11-,15-/m0/s1. The van der Waals surface area contributed by atoms with Crippen molar-refractivity contribution in [2.75, 3.05) is 6.54 Å². The quantitative estimate of drug-likeness (QED) is 0.745. The van der Waals surface area contributed by atoms with Gasteiger partial charge in [0.05, 0.1) is 13.1 Å². The number of urea groups is 1. The maximum absolute atomic E-state index is 11.9. The third-order valence-corrected chi connectivity index (χ3v) is 3.68. The predicted octanol–water partition coefficient (Wildman–Crippen LogP) is 1.53. The van der Waals surface area contributed by atoms with Crippen LogP contribution >= 0.6 is 11.6 Å². The highest BCUT2D eigenvalue weighted by Gasteiger charge is 2.26. The van der Waals surface area contributed by atoms with Gasteiger partial charge in [0.25, 0.3) is 0 Å². The molecule has 7 nitrogen and oxygen atoms in total. The van der Waals surface area contributed by atoms with Crippen LogP contribution in [0.4, 0.5) is 4.79 Å². The number of carbonyl (C=O) groups is 1. The topological polar surface area (TPSA) is 92.1 Å². The molecule has 124 valence electrons. The molecule has 1 aromatic carbocycles. The normalized spacial score (nSPS) is 14.8. The monoisotopic (exact) mass is 337 g/mol. The smallest absolute Gasteiger partial charge is 0.315 e. The molecule has 0 aliphatic rings. The minimum Gasteiger partial charge on any atom is -0.384 e. The van der Waals surface area contributed by atoms with Crippen LogP contribution in [0, 0.1) is 0 Å². The highest BCUT2D eigenvalue weighted by atomic mass is 35.5. The molecular weight excluding hydrogens is 318 g/mol. The van der Waals surface area contributed by atoms with Gasteiger partial charge in [0, 0.05) is 16.6 Å². The number of hydrogen-bond acceptors (Lipinski definition) is 4. The largest absolute Gasteiger partial charge is 0.384 e. The molecule has 0 spiro atoms. The summed E-state index contributed by atoms with van der Waals surface area (Å²) in [6, 6.07) is 6.50. The Bertz CT molecular complexity index is 645. The van der Waals surface area contributed by atoms with E-state index in [-0.39, 0.29) is 18.6 Å². The van der Waals surface area contributed by atoms with Crippen LogP contribution in [0.5, 0.6) is 0 Å². The summed E-state index contributed by atoms with van der Waals surface area (Å²) in [6.07, 6.45) is 3.02. The molecule has 2 atom stereocenters. The molecule has 2 amide bonds. The second-order valence-electron chi connectivity index (χ2n) is 5.60. The van der Waals surface area contributed by atoms with E-state index in [0.717, 1.165) is 0 Å². The fraction of sp³-hybridized carbons (Fsp3) is 0.400. The number of aromatic nitrogens is 3. The summed E-state index contributed by atoms with van der Waals surface area (Å²) in [5, 5.41) is 20.4. The van der Waals surface area contributed by atoms with Crippen LogP contribution in [-0.2, 0) is 12.1 Å². The van der Waals surface area contributed by atoms with E-state index >= 15 is 0 Å². The summed E-state index contributed by atoms with van der Waals surface area (Å²) in [6.45, 7) is 4.01. The molecule has 0 aliphatic heterocycles. The lowest BCUT2D eigenvalue weighted by atomic mass is 9.96. The average Bonchev–Trinajstić information content (AvgIpc) is 2.98. The lowest BCUT2D eigenvalue weighted by molar-refractivity contribution is 0.0593. The third-order valence-electron chi connectivity index (χ3n) is 3.35. The summed E-state index contributed by atoms with van der Waals surface area (Å²) < 4.78 is 1.63. The van der Waals surface area contributed by atoms with Crippen LogP contribution in [0.25, 0.3) is 0 Å². The first-order valence-corrected chi connectivity index (χ1v) is 7.60. The van der Waals surface area contributed by atoms with Crippen LogP contribution in [-0.4, -0.2) is 38.5 Å². The maximum atomic E-state index is 11.9. The Morgan fingerprint density at radius 2 is 2.22 bits per heavy atom. The molecule has 2 rings (SSSR count). The number of nitrogens with zero attached hydrogens (tertiary/aromatic N) is 3. The highest BCUT2D eigenvalue weighted by Crippen LogP contribution is 2.27. The molecular formula is C15H20ClN5O2. The number of rotatable bonds is 6. The number of nitrogens with one attached hydrogen (secondary N) is 2. The highest BCUT2D eigenvalue weighted by molar-refractivity contribution is 6.31. The molecule has 0 aliphatic carbocycles. The summed E-state index contributed by atoms with van der Waals surface area (Å²) in [4.78, 5) is 15.8. The first-order chi connectivity index (χ1) is 10.9.